The maximum atomic E-state index is 11.7. The van der Waals surface area contributed by atoms with Crippen LogP contribution >= 0.6 is 31.9 Å². The lowest BCUT2D eigenvalue weighted by Gasteiger charge is -2.08. The standard InChI is InChI=1S/C9H10Br2N2O5S/c10-6-3-5(4-7(11)8(6)12)9(14)13-1-2-18-19(15,16)17/h3-4H,1-2,12H2,(H,13,14)(H,15,16,17). The Morgan fingerprint density at radius 1 is 1.37 bits per heavy atom. The molecule has 0 aliphatic heterocycles. The second-order valence-corrected chi connectivity index (χ2v) is 6.16. The van der Waals surface area contributed by atoms with Gasteiger partial charge in [0.25, 0.3) is 5.91 Å². The SMILES string of the molecule is Nc1c(Br)cc(C(=O)NCCOS(=O)(=O)O)cc1Br. The fourth-order valence-electron chi connectivity index (χ4n) is 1.13. The Labute approximate surface area is 126 Å². The minimum Gasteiger partial charge on any atom is -0.397 e. The highest BCUT2D eigenvalue weighted by molar-refractivity contribution is 9.11. The number of nitrogens with two attached hydrogens (primary N) is 1. The predicted molar refractivity (Wildman–Crippen MR) is 76.1 cm³/mol. The van der Waals surface area contributed by atoms with Crippen molar-refractivity contribution < 1.29 is 21.9 Å². The first-order valence-electron chi connectivity index (χ1n) is 4.85. The highest BCUT2D eigenvalue weighted by atomic mass is 79.9. The van der Waals surface area contributed by atoms with Crippen LogP contribution in [-0.4, -0.2) is 32.0 Å². The third-order valence-corrected chi connectivity index (χ3v) is 3.74. The number of halogens is 2. The first kappa shape index (κ1) is 16.4. The first-order valence-corrected chi connectivity index (χ1v) is 7.80. The van der Waals surface area contributed by atoms with Gasteiger partial charge in [-0.15, -0.1) is 0 Å². The van der Waals surface area contributed by atoms with Crippen molar-refractivity contribution in [2.75, 3.05) is 18.9 Å². The lowest BCUT2D eigenvalue weighted by atomic mass is 10.2. The molecule has 0 saturated carbocycles. The maximum absolute atomic E-state index is 11.7. The summed E-state index contributed by atoms with van der Waals surface area (Å²) < 4.78 is 34.0. The van der Waals surface area contributed by atoms with Crippen molar-refractivity contribution in [1.29, 1.82) is 0 Å². The van der Waals surface area contributed by atoms with Gasteiger partial charge in [-0.3, -0.25) is 9.35 Å². The van der Waals surface area contributed by atoms with E-state index >= 15 is 0 Å². The second-order valence-electron chi connectivity index (χ2n) is 3.36. The first-order chi connectivity index (χ1) is 8.70. The normalized spacial score (nSPS) is 11.3. The zero-order chi connectivity index (χ0) is 14.6. The molecule has 0 aliphatic rings. The van der Waals surface area contributed by atoms with E-state index in [0.29, 0.717) is 20.2 Å². The van der Waals surface area contributed by atoms with Gasteiger partial charge in [0, 0.05) is 21.1 Å². The number of nitrogen functional groups attached to an aromatic ring is 1. The van der Waals surface area contributed by atoms with Crippen LogP contribution in [0.15, 0.2) is 21.1 Å². The van der Waals surface area contributed by atoms with Crippen LogP contribution in [0.5, 0.6) is 0 Å². The Bertz CT molecular complexity index is 567. The van der Waals surface area contributed by atoms with Crippen LogP contribution in [0, 0.1) is 0 Å². The number of hydrogen-bond acceptors (Lipinski definition) is 5. The number of carbonyl (C=O) groups excluding carboxylic acids is 1. The van der Waals surface area contributed by atoms with Crippen LogP contribution in [0.1, 0.15) is 10.4 Å². The van der Waals surface area contributed by atoms with Crippen molar-refractivity contribution in [1.82, 2.24) is 5.32 Å². The molecular weight excluding hydrogens is 408 g/mol. The van der Waals surface area contributed by atoms with Gasteiger partial charge in [-0.2, -0.15) is 8.42 Å². The zero-order valence-electron chi connectivity index (χ0n) is 9.39. The van der Waals surface area contributed by atoms with E-state index < -0.39 is 16.3 Å². The number of carbonyl (C=O) groups is 1. The Morgan fingerprint density at radius 2 is 1.89 bits per heavy atom. The van der Waals surface area contributed by atoms with E-state index in [1.165, 1.54) is 12.1 Å². The minimum absolute atomic E-state index is 0.0712. The van der Waals surface area contributed by atoms with Gasteiger partial charge in [0.15, 0.2) is 0 Å². The van der Waals surface area contributed by atoms with Crippen LogP contribution in [0.4, 0.5) is 5.69 Å². The average Bonchev–Trinajstić information content (AvgIpc) is 2.29. The van der Waals surface area contributed by atoms with Gasteiger partial charge in [0.05, 0.1) is 12.3 Å². The van der Waals surface area contributed by atoms with Crippen molar-refractivity contribution in [3.63, 3.8) is 0 Å². The molecule has 1 aromatic rings. The fourth-order valence-corrected chi connectivity index (χ4v) is 2.61. The Morgan fingerprint density at radius 3 is 2.37 bits per heavy atom. The highest BCUT2D eigenvalue weighted by Crippen LogP contribution is 2.29. The average molecular weight is 418 g/mol. The van der Waals surface area contributed by atoms with Gasteiger partial charge in [0.2, 0.25) is 0 Å². The summed E-state index contributed by atoms with van der Waals surface area (Å²) in [5.74, 6) is -0.430. The second kappa shape index (κ2) is 6.66. The topological polar surface area (TPSA) is 119 Å². The lowest BCUT2D eigenvalue weighted by Crippen LogP contribution is -2.28. The molecule has 0 aliphatic carbocycles. The quantitative estimate of drug-likeness (QED) is 0.378. The van der Waals surface area contributed by atoms with Gasteiger partial charge in [0.1, 0.15) is 0 Å². The Hall–Kier alpha value is -0.680. The summed E-state index contributed by atoms with van der Waals surface area (Å²) in [6.07, 6.45) is 0. The van der Waals surface area contributed by atoms with Crippen molar-refractivity contribution in [3.8, 4) is 0 Å². The molecule has 0 atom stereocenters. The van der Waals surface area contributed by atoms with Gasteiger partial charge >= 0.3 is 10.4 Å². The molecule has 0 bridgehead atoms. The molecule has 106 valence electrons. The van der Waals surface area contributed by atoms with Gasteiger partial charge in [-0.05, 0) is 44.0 Å². The van der Waals surface area contributed by atoms with E-state index in [2.05, 4.69) is 41.4 Å². The summed E-state index contributed by atoms with van der Waals surface area (Å²) in [5.41, 5.74) is 6.48. The molecule has 1 aromatic carbocycles. The van der Waals surface area contributed by atoms with Crippen LogP contribution < -0.4 is 11.1 Å². The lowest BCUT2D eigenvalue weighted by molar-refractivity contribution is 0.0945. The summed E-state index contributed by atoms with van der Waals surface area (Å²) in [6, 6.07) is 3.05. The molecule has 0 unspecified atom stereocenters. The van der Waals surface area contributed by atoms with Crippen molar-refractivity contribution in [2.24, 2.45) is 0 Å². The summed E-state index contributed by atoms with van der Waals surface area (Å²) in [7, 11) is -4.49. The molecule has 0 saturated heterocycles. The van der Waals surface area contributed by atoms with E-state index in [1.54, 1.807) is 0 Å². The van der Waals surface area contributed by atoms with Crippen molar-refractivity contribution >= 4 is 53.9 Å². The molecular formula is C9H10Br2N2O5S. The van der Waals surface area contributed by atoms with Crippen LogP contribution in [-0.2, 0) is 14.6 Å². The van der Waals surface area contributed by atoms with E-state index in [0.717, 1.165) is 0 Å². The molecule has 10 heteroatoms. The number of nitrogens with one attached hydrogen (secondary N) is 1. The minimum atomic E-state index is -4.49. The summed E-state index contributed by atoms with van der Waals surface area (Å²) >= 11 is 6.40. The Balaban J connectivity index is 2.60. The molecule has 0 radical (unpaired) electrons. The number of hydrogen-bond donors (Lipinski definition) is 3. The molecule has 0 spiro atoms. The smallest absolute Gasteiger partial charge is 0.397 e. The molecule has 0 aromatic heterocycles. The largest absolute Gasteiger partial charge is 0.397 e. The molecule has 0 fully saturated rings. The van der Waals surface area contributed by atoms with E-state index in [4.69, 9.17) is 10.3 Å². The van der Waals surface area contributed by atoms with Gasteiger partial charge in [-0.1, -0.05) is 0 Å². The monoisotopic (exact) mass is 416 g/mol. The number of rotatable bonds is 5. The molecule has 1 rings (SSSR count). The number of benzene rings is 1. The molecule has 7 nitrogen and oxygen atoms in total. The predicted octanol–water partition coefficient (Wildman–Crippen LogP) is 1.34. The summed E-state index contributed by atoms with van der Waals surface area (Å²) in [4.78, 5) is 11.7. The third-order valence-electron chi connectivity index (χ3n) is 1.96. The van der Waals surface area contributed by atoms with Crippen molar-refractivity contribution in [2.45, 2.75) is 0 Å². The van der Waals surface area contributed by atoms with Gasteiger partial charge in [-0.25, -0.2) is 4.18 Å². The Kier molecular flexibility index (Phi) is 5.74. The van der Waals surface area contributed by atoms with E-state index in [-0.39, 0.29) is 13.2 Å². The molecule has 0 heterocycles. The van der Waals surface area contributed by atoms with Crippen LogP contribution in [0.2, 0.25) is 0 Å². The molecule has 4 N–H and O–H groups in total. The molecule has 1 amide bonds. The van der Waals surface area contributed by atoms with Crippen LogP contribution in [0.3, 0.4) is 0 Å². The van der Waals surface area contributed by atoms with Crippen LogP contribution in [0.25, 0.3) is 0 Å². The maximum Gasteiger partial charge on any atom is 0.397 e. The summed E-state index contributed by atoms with van der Waals surface area (Å²) in [6.45, 7) is -0.430. The van der Waals surface area contributed by atoms with Gasteiger partial charge < -0.3 is 11.1 Å². The van der Waals surface area contributed by atoms with E-state index in [9.17, 15) is 13.2 Å². The summed E-state index contributed by atoms with van der Waals surface area (Å²) in [5, 5.41) is 2.42. The fraction of sp³-hybridized carbons (Fsp3) is 0.222. The third kappa shape index (κ3) is 5.45. The van der Waals surface area contributed by atoms with E-state index in [1.807, 2.05) is 0 Å². The molecule has 19 heavy (non-hydrogen) atoms. The number of amides is 1. The highest BCUT2D eigenvalue weighted by Gasteiger charge is 2.11. The zero-order valence-corrected chi connectivity index (χ0v) is 13.4. The van der Waals surface area contributed by atoms with Crippen molar-refractivity contribution in [3.05, 3.63) is 26.6 Å². The number of anilines is 1.